The highest BCUT2D eigenvalue weighted by atomic mass is 19.1. The minimum absolute atomic E-state index is 0.0926. The van der Waals surface area contributed by atoms with E-state index in [1.54, 1.807) is 0 Å². The number of rotatable bonds is 7. The molecule has 1 atom stereocenters. The maximum Gasteiger partial charge on any atom is 0.129 e. The van der Waals surface area contributed by atoms with Crippen LogP contribution in [0.2, 0.25) is 0 Å². The Bertz CT molecular complexity index is 731. The predicted molar refractivity (Wildman–Crippen MR) is 102 cm³/mol. The van der Waals surface area contributed by atoms with Crippen LogP contribution < -0.4 is 4.74 Å². The molecule has 1 unspecified atom stereocenters. The largest absolute Gasteiger partial charge is 0.494 e. The number of unbranched alkanes of at least 4 members (excludes halogenated alkanes) is 1. The molecule has 0 saturated heterocycles. The Morgan fingerprint density at radius 1 is 1.00 bits per heavy atom. The summed E-state index contributed by atoms with van der Waals surface area (Å²) < 4.78 is 34.9. The van der Waals surface area contributed by atoms with Gasteiger partial charge in [-0.1, -0.05) is 32.8 Å². The van der Waals surface area contributed by atoms with Gasteiger partial charge in [0.2, 0.25) is 0 Å². The zero-order chi connectivity index (χ0) is 18.5. The zero-order valence-electron chi connectivity index (χ0n) is 15.8. The number of ether oxygens (including phenoxy) is 1. The van der Waals surface area contributed by atoms with E-state index in [1.165, 1.54) is 23.3 Å². The van der Waals surface area contributed by atoms with Crippen LogP contribution in [0.15, 0.2) is 30.3 Å². The molecule has 0 bridgehead atoms. The molecule has 3 rings (SSSR count). The maximum absolute atomic E-state index is 14.6. The van der Waals surface area contributed by atoms with Gasteiger partial charge in [-0.05, 0) is 79.0 Å². The lowest BCUT2D eigenvalue weighted by atomic mass is 9.79. The standard InChI is InChI=1S/C23H28F2O/c1-3-5-11-26-20-10-9-17-14-19(8-7-18(17)15-20)23-21(24)12-16(6-4-2)13-22(23)25/h9-10,12-13,15,19H,3-8,11,14H2,1-2H3. The van der Waals surface area contributed by atoms with E-state index in [2.05, 4.69) is 19.1 Å². The molecular formula is C23H28F2O. The van der Waals surface area contributed by atoms with Crippen LogP contribution in [0.4, 0.5) is 8.78 Å². The second-order valence-corrected chi connectivity index (χ2v) is 7.30. The average molecular weight is 358 g/mol. The molecule has 3 heteroatoms. The predicted octanol–water partition coefficient (Wildman–Crippen LogP) is 6.37. The summed E-state index contributed by atoms with van der Waals surface area (Å²) in [5, 5.41) is 0. The quantitative estimate of drug-likeness (QED) is 0.523. The normalized spacial score (nSPS) is 16.4. The lowest BCUT2D eigenvalue weighted by Gasteiger charge is -2.26. The molecule has 2 aromatic rings. The molecule has 0 spiro atoms. The number of halogens is 2. The topological polar surface area (TPSA) is 9.23 Å². The molecular weight excluding hydrogens is 330 g/mol. The van der Waals surface area contributed by atoms with E-state index in [-0.39, 0.29) is 23.1 Å². The Balaban J connectivity index is 1.76. The van der Waals surface area contributed by atoms with Crippen molar-refractivity contribution in [2.75, 3.05) is 6.61 Å². The van der Waals surface area contributed by atoms with Crippen molar-refractivity contribution in [3.05, 3.63) is 64.2 Å². The maximum atomic E-state index is 14.6. The summed E-state index contributed by atoms with van der Waals surface area (Å²) in [4.78, 5) is 0. The molecule has 0 aliphatic heterocycles. The van der Waals surface area contributed by atoms with Crippen LogP contribution in [-0.2, 0) is 19.3 Å². The molecule has 1 aliphatic carbocycles. The molecule has 1 nitrogen and oxygen atoms in total. The van der Waals surface area contributed by atoms with Crippen molar-refractivity contribution in [3.63, 3.8) is 0 Å². The van der Waals surface area contributed by atoms with Gasteiger partial charge in [0.1, 0.15) is 17.4 Å². The Morgan fingerprint density at radius 3 is 2.46 bits per heavy atom. The van der Waals surface area contributed by atoms with Crippen molar-refractivity contribution in [1.82, 2.24) is 0 Å². The van der Waals surface area contributed by atoms with Gasteiger partial charge in [0.05, 0.1) is 6.61 Å². The average Bonchev–Trinajstić information content (AvgIpc) is 2.61. The van der Waals surface area contributed by atoms with Crippen molar-refractivity contribution in [2.24, 2.45) is 0 Å². The minimum atomic E-state index is -0.388. The van der Waals surface area contributed by atoms with Gasteiger partial charge in [-0.2, -0.15) is 0 Å². The first-order valence-electron chi connectivity index (χ1n) is 9.84. The molecule has 26 heavy (non-hydrogen) atoms. The molecule has 2 aromatic carbocycles. The van der Waals surface area contributed by atoms with Gasteiger partial charge in [0.25, 0.3) is 0 Å². The van der Waals surface area contributed by atoms with Crippen LogP contribution in [0.5, 0.6) is 5.75 Å². The van der Waals surface area contributed by atoms with Gasteiger partial charge in [-0.15, -0.1) is 0 Å². The lowest BCUT2D eigenvalue weighted by molar-refractivity contribution is 0.308. The number of hydrogen-bond donors (Lipinski definition) is 0. The third kappa shape index (κ3) is 4.25. The van der Waals surface area contributed by atoms with E-state index >= 15 is 0 Å². The Labute approximate surface area is 155 Å². The summed E-state index contributed by atoms with van der Waals surface area (Å²) in [6.45, 7) is 4.89. The highest BCUT2D eigenvalue weighted by Gasteiger charge is 2.26. The molecule has 0 N–H and O–H groups in total. The summed E-state index contributed by atoms with van der Waals surface area (Å²) in [7, 11) is 0. The molecule has 140 valence electrons. The summed E-state index contributed by atoms with van der Waals surface area (Å²) in [6, 6.07) is 9.17. The highest BCUT2D eigenvalue weighted by Crippen LogP contribution is 2.37. The van der Waals surface area contributed by atoms with Crippen molar-refractivity contribution >= 4 is 0 Å². The number of hydrogen-bond acceptors (Lipinski definition) is 1. The number of aryl methyl sites for hydroxylation is 2. The van der Waals surface area contributed by atoms with E-state index in [1.807, 2.05) is 13.0 Å². The van der Waals surface area contributed by atoms with E-state index in [4.69, 9.17) is 4.74 Å². The number of fused-ring (bicyclic) bond motifs is 1. The fourth-order valence-electron chi connectivity index (χ4n) is 3.86. The van der Waals surface area contributed by atoms with Crippen molar-refractivity contribution in [3.8, 4) is 5.75 Å². The molecule has 0 aromatic heterocycles. The molecule has 1 aliphatic rings. The van der Waals surface area contributed by atoms with Gasteiger partial charge in [0.15, 0.2) is 0 Å². The molecule has 0 fully saturated rings. The zero-order valence-corrected chi connectivity index (χ0v) is 15.8. The van der Waals surface area contributed by atoms with Gasteiger partial charge >= 0.3 is 0 Å². The van der Waals surface area contributed by atoms with E-state index in [0.29, 0.717) is 12.8 Å². The first kappa shape index (κ1) is 18.9. The molecule has 0 radical (unpaired) electrons. The molecule has 0 saturated carbocycles. The van der Waals surface area contributed by atoms with Crippen LogP contribution >= 0.6 is 0 Å². The van der Waals surface area contributed by atoms with Gasteiger partial charge in [0, 0.05) is 5.56 Å². The van der Waals surface area contributed by atoms with Crippen molar-refractivity contribution in [2.45, 2.75) is 64.7 Å². The Morgan fingerprint density at radius 2 is 1.77 bits per heavy atom. The lowest BCUT2D eigenvalue weighted by Crippen LogP contribution is -2.16. The van der Waals surface area contributed by atoms with Crippen LogP contribution in [0, 0.1) is 11.6 Å². The second-order valence-electron chi connectivity index (χ2n) is 7.30. The fraction of sp³-hybridized carbons (Fsp3) is 0.478. The summed E-state index contributed by atoms with van der Waals surface area (Å²) in [5.74, 6) is 0.0322. The minimum Gasteiger partial charge on any atom is -0.494 e. The molecule has 0 amide bonds. The fourth-order valence-corrected chi connectivity index (χ4v) is 3.86. The summed E-state index contributed by atoms with van der Waals surface area (Å²) in [5.41, 5.74) is 3.44. The van der Waals surface area contributed by atoms with Gasteiger partial charge in [-0.3, -0.25) is 0 Å². The third-order valence-corrected chi connectivity index (χ3v) is 5.26. The van der Waals surface area contributed by atoms with E-state index in [9.17, 15) is 8.78 Å². The van der Waals surface area contributed by atoms with Crippen LogP contribution in [0.1, 0.15) is 67.7 Å². The SMILES string of the molecule is CCCCOc1ccc2c(c1)CCC(c1c(F)cc(CCC)cc1F)C2. The first-order chi connectivity index (χ1) is 12.6. The van der Waals surface area contributed by atoms with Gasteiger partial charge < -0.3 is 4.74 Å². The third-order valence-electron chi connectivity index (χ3n) is 5.26. The van der Waals surface area contributed by atoms with Crippen LogP contribution in [0.25, 0.3) is 0 Å². The van der Waals surface area contributed by atoms with E-state index in [0.717, 1.165) is 50.0 Å². The molecule has 0 heterocycles. The van der Waals surface area contributed by atoms with Gasteiger partial charge in [-0.25, -0.2) is 8.78 Å². The Hall–Kier alpha value is -1.90. The first-order valence-corrected chi connectivity index (χ1v) is 9.84. The summed E-state index contributed by atoms with van der Waals surface area (Å²) in [6.07, 6.45) is 6.05. The Kier molecular flexibility index (Phi) is 6.29. The smallest absolute Gasteiger partial charge is 0.129 e. The van der Waals surface area contributed by atoms with Crippen LogP contribution in [-0.4, -0.2) is 6.61 Å². The monoisotopic (exact) mass is 358 g/mol. The second kappa shape index (κ2) is 8.66. The van der Waals surface area contributed by atoms with Crippen LogP contribution in [0.3, 0.4) is 0 Å². The highest BCUT2D eigenvalue weighted by molar-refractivity contribution is 5.40. The summed E-state index contributed by atoms with van der Waals surface area (Å²) >= 11 is 0. The number of benzene rings is 2. The van der Waals surface area contributed by atoms with Crippen molar-refractivity contribution < 1.29 is 13.5 Å². The van der Waals surface area contributed by atoms with Crippen molar-refractivity contribution in [1.29, 1.82) is 0 Å². The van der Waals surface area contributed by atoms with E-state index < -0.39 is 0 Å².